The van der Waals surface area contributed by atoms with E-state index in [4.69, 9.17) is 0 Å². The maximum absolute atomic E-state index is 12.6. The molecule has 0 saturated carbocycles. The molecule has 0 spiro atoms. The van der Waals surface area contributed by atoms with Crippen LogP contribution in [-0.2, 0) is 11.0 Å². The van der Waals surface area contributed by atoms with E-state index in [9.17, 15) is 22.8 Å². The normalized spacial score (nSPS) is 11.4. The second-order valence-electron chi connectivity index (χ2n) is 5.60. The van der Waals surface area contributed by atoms with E-state index < -0.39 is 17.8 Å². The van der Waals surface area contributed by atoms with Crippen LogP contribution in [0.1, 0.15) is 29.9 Å². The van der Waals surface area contributed by atoms with Gasteiger partial charge in [0.15, 0.2) is 5.69 Å². The third-order valence-corrected chi connectivity index (χ3v) is 3.13. The number of carbonyl (C=O) groups is 2. The molecule has 0 radical (unpaired) electrons. The van der Waals surface area contributed by atoms with Crippen LogP contribution in [0.15, 0.2) is 36.5 Å². The van der Waals surface area contributed by atoms with Gasteiger partial charge in [0.1, 0.15) is 0 Å². The van der Waals surface area contributed by atoms with Gasteiger partial charge in [-0.15, -0.1) is 0 Å². The molecular formula is C16H17F3N4O2. The largest absolute Gasteiger partial charge is 0.435 e. The summed E-state index contributed by atoms with van der Waals surface area (Å²) in [5.74, 6) is -0.766. The number of nitrogens with one attached hydrogen (secondary N) is 2. The number of halogens is 3. The Kier molecular flexibility index (Phi) is 5.45. The molecule has 0 fully saturated rings. The minimum Gasteiger partial charge on any atom is -0.352 e. The molecule has 1 aromatic heterocycles. The highest BCUT2D eigenvalue weighted by molar-refractivity contribution is 5.96. The van der Waals surface area contributed by atoms with Crippen LogP contribution in [0.3, 0.4) is 0 Å². The van der Waals surface area contributed by atoms with Crippen molar-refractivity contribution < 1.29 is 22.8 Å². The van der Waals surface area contributed by atoms with Gasteiger partial charge in [0.25, 0.3) is 5.91 Å². The molecule has 0 aliphatic carbocycles. The minimum atomic E-state index is -4.51. The van der Waals surface area contributed by atoms with E-state index in [1.165, 1.54) is 30.5 Å². The van der Waals surface area contributed by atoms with Crippen molar-refractivity contribution in [2.24, 2.45) is 0 Å². The third kappa shape index (κ3) is 5.07. The van der Waals surface area contributed by atoms with Crippen molar-refractivity contribution in [1.82, 2.24) is 20.4 Å². The molecule has 25 heavy (non-hydrogen) atoms. The molecule has 0 aliphatic rings. The fraction of sp³-hybridized carbons (Fsp3) is 0.312. The first-order chi connectivity index (χ1) is 11.7. The number of hydrogen-bond acceptors (Lipinski definition) is 3. The van der Waals surface area contributed by atoms with E-state index in [0.29, 0.717) is 5.69 Å². The summed E-state index contributed by atoms with van der Waals surface area (Å²) < 4.78 is 38.7. The zero-order valence-corrected chi connectivity index (χ0v) is 13.6. The molecular weight excluding hydrogens is 337 g/mol. The molecule has 0 atom stereocenters. The molecule has 6 nitrogen and oxygen atoms in total. The van der Waals surface area contributed by atoms with E-state index in [2.05, 4.69) is 15.7 Å². The molecule has 0 bridgehead atoms. The van der Waals surface area contributed by atoms with Gasteiger partial charge in [0.2, 0.25) is 5.91 Å². The zero-order chi connectivity index (χ0) is 18.6. The second-order valence-corrected chi connectivity index (χ2v) is 5.60. The van der Waals surface area contributed by atoms with Crippen LogP contribution in [0.25, 0.3) is 5.69 Å². The molecule has 0 aliphatic heterocycles. The topological polar surface area (TPSA) is 76.0 Å². The van der Waals surface area contributed by atoms with Crippen molar-refractivity contribution in [3.8, 4) is 5.69 Å². The number of benzene rings is 1. The lowest BCUT2D eigenvalue weighted by molar-refractivity contribution is -0.141. The van der Waals surface area contributed by atoms with Crippen LogP contribution >= 0.6 is 0 Å². The lowest BCUT2D eigenvalue weighted by atomic mass is 10.2. The van der Waals surface area contributed by atoms with E-state index >= 15 is 0 Å². The first-order valence-corrected chi connectivity index (χ1v) is 7.47. The Morgan fingerprint density at radius 3 is 2.32 bits per heavy atom. The van der Waals surface area contributed by atoms with Crippen molar-refractivity contribution in [3.63, 3.8) is 0 Å². The molecule has 2 amide bonds. The highest BCUT2D eigenvalue weighted by atomic mass is 19.4. The van der Waals surface area contributed by atoms with Gasteiger partial charge in [-0.1, -0.05) is 0 Å². The maximum atomic E-state index is 12.6. The van der Waals surface area contributed by atoms with Crippen LogP contribution in [0, 0.1) is 0 Å². The maximum Gasteiger partial charge on any atom is 0.435 e. The first-order valence-electron chi connectivity index (χ1n) is 7.47. The zero-order valence-electron chi connectivity index (χ0n) is 13.6. The van der Waals surface area contributed by atoms with Crippen molar-refractivity contribution in [2.75, 3.05) is 6.54 Å². The van der Waals surface area contributed by atoms with Gasteiger partial charge in [-0.3, -0.25) is 9.59 Å². The number of alkyl halides is 3. The molecule has 0 unspecified atom stereocenters. The summed E-state index contributed by atoms with van der Waals surface area (Å²) in [4.78, 5) is 23.4. The standard InChI is InChI=1S/C16H17F3N4O2/c1-10(2)21-14(24)9-20-15(25)11-3-5-12(6-4-11)23-8-7-13(22-23)16(17,18)19/h3-8,10H,9H2,1-2H3,(H,20,25)(H,21,24). The van der Waals surface area contributed by atoms with Crippen molar-refractivity contribution in [3.05, 3.63) is 47.8 Å². The molecule has 2 aromatic rings. The summed E-state index contributed by atoms with van der Waals surface area (Å²) in [6.45, 7) is 3.45. The van der Waals surface area contributed by atoms with Gasteiger partial charge in [-0.05, 0) is 44.2 Å². The molecule has 2 N–H and O–H groups in total. The van der Waals surface area contributed by atoms with Gasteiger partial charge in [-0.25, -0.2) is 4.68 Å². The highest BCUT2D eigenvalue weighted by Gasteiger charge is 2.33. The Hall–Kier alpha value is -2.84. The summed E-state index contributed by atoms with van der Waals surface area (Å²) >= 11 is 0. The fourth-order valence-corrected chi connectivity index (χ4v) is 2.02. The molecule has 0 saturated heterocycles. The monoisotopic (exact) mass is 354 g/mol. The number of carbonyl (C=O) groups excluding carboxylic acids is 2. The van der Waals surface area contributed by atoms with E-state index in [0.717, 1.165) is 10.7 Å². The Morgan fingerprint density at radius 1 is 1.16 bits per heavy atom. The SMILES string of the molecule is CC(C)NC(=O)CNC(=O)c1ccc(-n2ccc(C(F)(F)F)n2)cc1. The first kappa shape index (κ1) is 18.5. The van der Waals surface area contributed by atoms with Gasteiger partial charge < -0.3 is 10.6 Å². The van der Waals surface area contributed by atoms with Crippen LogP contribution in [-0.4, -0.2) is 34.2 Å². The van der Waals surface area contributed by atoms with Gasteiger partial charge in [0.05, 0.1) is 12.2 Å². The van der Waals surface area contributed by atoms with Crippen LogP contribution in [0.4, 0.5) is 13.2 Å². The third-order valence-electron chi connectivity index (χ3n) is 3.13. The van der Waals surface area contributed by atoms with Crippen LogP contribution < -0.4 is 10.6 Å². The Labute approximate surface area is 142 Å². The van der Waals surface area contributed by atoms with Gasteiger partial charge >= 0.3 is 6.18 Å². The molecule has 2 rings (SSSR count). The van der Waals surface area contributed by atoms with Crippen LogP contribution in [0.5, 0.6) is 0 Å². The predicted octanol–water partition coefficient (Wildman–Crippen LogP) is 2.15. The number of aromatic nitrogens is 2. The van der Waals surface area contributed by atoms with Crippen LogP contribution in [0.2, 0.25) is 0 Å². The Balaban J connectivity index is 2.01. The number of nitrogens with zero attached hydrogens (tertiary/aromatic N) is 2. The van der Waals surface area contributed by atoms with Crippen molar-refractivity contribution >= 4 is 11.8 Å². The number of rotatable bonds is 5. The fourth-order valence-electron chi connectivity index (χ4n) is 2.02. The molecule has 1 heterocycles. The lowest BCUT2D eigenvalue weighted by Gasteiger charge is -2.09. The summed E-state index contributed by atoms with van der Waals surface area (Å²) in [5, 5.41) is 8.55. The molecule has 134 valence electrons. The second kappa shape index (κ2) is 7.37. The average Bonchev–Trinajstić information content (AvgIpc) is 3.02. The Bertz CT molecular complexity index is 751. The summed E-state index contributed by atoms with van der Waals surface area (Å²) in [6, 6.07) is 6.67. The number of hydrogen-bond donors (Lipinski definition) is 2. The van der Waals surface area contributed by atoms with Gasteiger partial charge in [-0.2, -0.15) is 18.3 Å². The minimum absolute atomic E-state index is 0.0284. The van der Waals surface area contributed by atoms with E-state index in [1.807, 2.05) is 0 Å². The lowest BCUT2D eigenvalue weighted by Crippen LogP contribution is -2.39. The van der Waals surface area contributed by atoms with Gasteiger partial charge in [0, 0.05) is 17.8 Å². The van der Waals surface area contributed by atoms with Crippen molar-refractivity contribution in [1.29, 1.82) is 0 Å². The molecule has 9 heteroatoms. The van der Waals surface area contributed by atoms with E-state index in [1.54, 1.807) is 13.8 Å². The summed E-state index contributed by atoms with van der Waals surface area (Å²) in [6.07, 6.45) is -3.32. The summed E-state index contributed by atoms with van der Waals surface area (Å²) in [7, 11) is 0. The highest BCUT2D eigenvalue weighted by Crippen LogP contribution is 2.27. The smallest absolute Gasteiger partial charge is 0.352 e. The number of amides is 2. The quantitative estimate of drug-likeness (QED) is 0.864. The summed E-state index contributed by atoms with van der Waals surface area (Å²) in [5.41, 5.74) is -0.334. The van der Waals surface area contributed by atoms with E-state index in [-0.39, 0.29) is 24.1 Å². The molecule has 1 aromatic carbocycles. The predicted molar refractivity (Wildman–Crippen MR) is 84.2 cm³/mol. The Morgan fingerprint density at radius 2 is 1.80 bits per heavy atom. The van der Waals surface area contributed by atoms with Crippen molar-refractivity contribution in [2.45, 2.75) is 26.1 Å². The average molecular weight is 354 g/mol.